The van der Waals surface area contributed by atoms with Gasteiger partial charge in [0.05, 0.1) is 12.5 Å². The van der Waals surface area contributed by atoms with Crippen molar-refractivity contribution in [2.75, 3.05) is 0 Å². The van der Waals surface area contributed by atoms with Crippen molar-refractivity contribution in [3.8, 4) is 0 Å². The first kappa shape index (κ1) is 23.3. The van der Waals surface area contributed by atoms with E-state index in [1.54, 1.807) is 13.8 Å². The molecular formula is C15H25N3O8. The van der Waals surface area contributed by atoms with Crippen molar-refractivity contribution < 1.29 is 39.3 Å². The fourth-order valence-electron chi connectivity index (χ4n) is 1.96. The number of carboxylic acid groups (broad SMARTS) is 3. The largest absolute Gasteiger partial charge is 0.481 e. The fourth-order valence-corrected chi connectivity index (χ4v) is 1.96. The lowest BCUT2D eigenvalue weighted by atomic mass is 9.99. The van der Waals surface area contributed by atoms with E-state index in [9.17, 15) is 24.0 Å². The molecule has 0 saturated heterocycles. The van der Waals surface area contributed by atoms with E-state index in [4.69, 9.17) is 21.1 Å². The molecule has 0 aromatic rings. The number of nitrogens with one attached hydrogen (secondary N) is 2. The molecule has 0 aromatic heterocycles. The summed E-state index contributed by atoms with van der Waals surface area (Å²) in [6.07, 6.45) is -1.10. The third kappa shape index (κ3) is 8.42. The SMILES string of the molecule is CC[C@H](C)[C@H](N)C(=O)N[C@@H](CC(=O)O)C(=O)N[C@@H](CCC(=O)O)C(=O)O. The Kier molecular flexibility index (Phi) is 9.89. The van der Waals surface area contributed by atoms with Crippen LogP contribution in [0.25, 0.3) is 0 Å². The highest BCUT2D eigenvalue weighted by molar-refractivity contribution is 5.94. The van der Waals surface area contributed by atoms with E-state index in [0.717, 1.165) is 0 Å². The van der Waals surface area contributed by atoms with Crippen LogP contribution in [0.1, 0.15) is 39.5 Å². The third-order valence-electron chi connectivity index (χ3n) is 3.83. The summed E-state index contributed by atoms with van der Waals surface area (Å²) in [6.45, 7) is 3.52. The number of rotatable bonds is 12. The van der Waals surface area contributed by atoms with Crippen molar-refractivity contribution in [3.63, 3.8) is 0 Å². The minimum absolute atomic E-state index is 0.217. The predicted molar refractivity (Wildman–Crippen MR) is 88.1 cm³/mol. The van der Waals surface area contributed by atoms with Crippen LogP contribution in [-0.4, -0.2) is 63.2 Å². The number of carbonyl (C=O) groups excluding carboxylic acids is 2. The Bertz CT molecular complexity index is 551. The summed E-state index contributed by atoms with van der Waals surface area (Å²) in [5, 5.41) is 30.8. The summed E-state index contributed by atoms with van der Waals surface area (Å²) >= 11 is 0. The molecule has 0 heterocycles. The summed E-state index contributed by atoms with van der Waals surface area (Å²) < 4.78 is 0. The molecule has 11 nitrogen and oxygen atoms in total. The number of aliphatic carboxylic acids is 3. The summed E-state index contributed by atoms with van der Waals surface area (Å²) in [5.41, 5.74) is 5.73. The van der Waals surface area contributed by atoms with Crippen LogP contribution in [0.4, 0.5) is 0 Å². The molecule has 2 amide bonds. The van der Waals surface area contributed by atoms with Gasteiger partial charge in [-0.05, 0) is 12.3 Å². The van der Waals surface area contributed by atoms with Crippen LogP contribution in [0.3, 0.4) is 0 Å². The molecular weight excluding hydrogens is 350 g/mol. The third-order valence-corrected chi connectivity index (χ3v) is 3.83. The van der Waals surface area contributed by atoms with Crippen molar-refractivity contribution in [3.05, 3.63) is 0 Å². The number of carboxylic acids is 3. The standard InChI is InChI=1S/C15H25N3O8/c1-3-7(2)12(16)14(24)18-9(6-11(21)22)13(23)17-8(15(25)26)4-5-10(19)20/h7-9,12H,3-6,16H2,1-2H3,(H,17,23)(H,18,24)(H,19,20)(H,21,22)(H,25,26)/t7-,8-,9-,12-/m0/s1. The van der Waals surface area contributed by atoms with Crippen molar-refractivity contribution in [2.24, 2.45) is 11.7 Å². The van der Waals surface area contributed by atoms with Crippen LogP contribution in [0, 0.1) is 5.92 Å². The molecule has 4 atom stereocenters. The molecule has 26 heavy (non-hydrogen) atoms. The van der Waals surface area contributed by atoms with Gasteiger partial charge in [-0.15, -0.1) is 0 Å². The molecule has 11 heteroatoms. The number of hydrogen-bond acceptors (Lipinski definition) is 6. The zero-order valence-electron chi connectivity index (χ0n) is 14.6. The molecule has 0 radical (unpaired) electrons. The van der Waals surface area contributed by atoms with Crippen LogP contribution in [0.2, 0.25) is 0 Å². The topological polar surface area (TPSA) is 196 Å². The van der Waals surface area contributed by atoms with Gasteiger partial charge >= 0.3 is 17.9 Å². The number of hydrogen-bond donors (Lipinski definition) is 6. The van der Waals surface area contributed by atoms with Crippen molar-refractivity contribution in [2.45, 2.75) is 57.7 Å². The van der Waals surface area contributed by atoms with E-state index in [-0.39, 0.29) is 5.92 Å². The molecule has 0 rings (SSSR count). The van der Waals surface area contributed by atoms with Crippen LogP contribution in [0.15, 0.2) is 0 Å². The van der Waals surface area contributed by atoms with Crippen LogP contribution in [-0.2, 0) is 24.0 Å². The Morgan fingerprint density at radius 3 is 1.88 bits per heavy atom. The Labute approximate surface area is 149 Å². The van der Waals surface area contributed by atoms with Gasteiger partial charge < -0.3 is 31.7 Å². The average molecular weight is 375 g/mol. The van der Waals surface area contributed by atoms with E-state index in [1.165, 1.54) is 0 Å². The second kappa shape index (κ2) is 11.0. The van der Waals surface area contributed by atoms with Gasteiger partial charge in [0.25, 0.3) is 0 Å². The Hall–Kier alpha value is -2.69. The zero-order valence-corrected chi connectivity index (χ0v) is 14.6. The maximum Gasteiger partial charge on any atom is 0.326 e. The molecule has 0 bridgehead atoms. The summed E-state index contributed by atoms with van der Waals surface area (Å²) in [5.74, 6) is -6.12. The number of nitrogens with two attached hydrogens (primary N) is 1. The highest BCUT2D eigenvalue weighted by atomic mass is 16.4. The molecule has 0 unspecified atom stereocenters. The van der Waals surface area contributed by atoms with Crippen molar-refractivity contribution in [1.29, 1.82) is 0 Å². The van der Waals surface area contributed by atoms with E-state index >= 15 is 0 Å². The summed E-state index contributed by atoms with van der Waals surface area (Å²) in [4.78, 5) is 56.9. The Morgan fingerprint density at radius 1 is 0.923 bits per heavy atom. The first-order valence-electron chi connectivity index (χ1n) is 8.02. The van der Waals surface area contributed by atoms with Crippen LogP contribution in [0.5, 0.6) is 0 Å². The van der Waals surface area contributed by atoms with Gasteiger partial charge in [-0.3, -0.25) is 19.2 Å². The molecule has 7 N–H and O–H groups in total. The molecule has 148 valence electrons. The van der Waals surface area contributed by atoms with Gasteiger partial charge in [-0.1, -0.05) is 20.3 Å². The second-order valence-electron chi connectivity index (χ2n) is 5.90. The lowest BCUT2D eigenvalue weighted by Crippen LogP contribution is -2.56. The molecule has 0 saturated carbocycles. The van der Waals surface area contributed by atoms with Crippen molar-refractivity contribution >= 4 is 29.7 Å². The fraction of sp³-hybridized carbons (Fsp3) is 0.667. The maximum atomic E-state index is 12.2. The van der Waals surface area contributed by atoms with Crippen LogP contribution < -0.4 is 16.4 Å². The molecule has 0 aromatic carbocycles. The number of amides is 2. The van der Waals surface area contributed by atoms with E-state index in [0.29, 0.717) is 6.42 Å². The maximum absolute atomic E-state index is 12.2. The van der Waals surface area contributed by atoms with Gasteiger partial charge in [0.2, 0.25) is 11.8 Å². The lowest BCUT2D eigenvalue weighted by Gasteiger charge is -2.23. The van der Waals surface area contributed by atoms with Gasteiger partial charge in [0.1, 0.15) is 12.1 Å². The zero-order chi connectivity index (χ0) is 20.4. The van der Waals surface area contributed by atoms with E-state index < -0.39 is 67.1 Å². The monoisotopic (exact) mass is 375 g/mol. The summed E-state index contributed by atoms with van der Waals surface area (Å²) in [7, 11) is 0. The van der Waals surface area contributed by atoms with Gasteiger partial charge in [0, 0.05) is 6.42 Å². The Balaban J connectivity index is 5.11. The molecule has 0 aliphatic heterocycles. The highest BCUT2D eigenvalue weighted by Crippen LogP contribution is 2.07. The molecule has 0 aliphatic rings. The molecule has 0 fully saturated rings. The minimum Gasteiger partial charge on any atom is -0.481 e. The molecule has 0 aliphatic carbocycles. The number of carbonyl (C=O) groups is 5. The quantitative estimate of drug-likeness (QED) is 0.241. The smallest absolute Gasteiger partial charge is 0.326 e. The van der Waals surface area contributed by atoms with Gasteiger partial charge in [0.15, 0.2) is 0 Å². The van der Waals surface area contributed by atoms with Gasteiger partial charge in [-0.25, -0.2) is 4.79 Å². The average Bonchev–Trinajstić information content (AvgIpc) is 2.55. The van der Waals surface area contributed by atoms with Crippen molar-refractivity contribution in [1.82, 2.24) is 10.6 Å². The van der Waals surface area contributed by atoms with Gasteiger partial charge in [-0.2, -0.15) is 0 Å². The normalized spacial score (nSPS) is 15.2. The first-order chi connectivity index (χ1) is 12.0. The van der Waals surface area contributed by atoms with E-state index in [2.05, 4.69) is 5.32 Å². The highest BCUT2D eigenvalue weighted by Gasteiger charge is 2.30. The molecule has 0 spiro atoms. The predicted octanol–water partition coefficient (Wildman–Crippen LogP) is -1.25. The van der Waals surface area contributed by atoms with Crippen LogP contribution >= 0.6 is 0 Å². The minimum atomic E-state index is -1.54. The lowest BCUT2D eigenvalue weighted by molar-refractivity contribution is -0.144. The Morgan fingerprint density at radius 2 is 1.46 bits per heavy atom. The summed E-state index contributed by atoms with van der Waals surface area (Å²) in [6, 6.07) is -4.04. The first-order valence-corrected chi connectivity index (χ1v) is 8.02. The van der Waals surface area contributed by atoms with E-state index in [1.807, 2.05) is 5.32 Å². The second-order valence-corrected chi connectivity index (χ2v) is 5.90.